The van der Waals surface area contributed by atoms with E-state index in [0.29, 0.717) is 24.2 Å². The topological polar surface area (TPSA) is 81.3 Å². The summed E-state index contributed by atoms with van der Waals surface area (Å²) in [5, 5.41) is 9.46. The monoisotopic (exact) mass is 434 g/mol. The highest BCUT2D eigenvalue weighted by atomic mass is 16.4. The fourth-order valence-electron chi connectivity index (χ4n) is 4.02. The number of carbonyl (C=O) groups is 2. The summed E-state index contributed by atoms with van der Waals surface area (Å²) in [7, 11) is 0. The second-order valence-electron chi connectivity index (χ2n) is 8.10. The van der Waals surface area contributed by atoms with Gasteiger partial charge in [-0.3, -0.25) is 13.9 Å². The lowest BCUT2D eigenvalue weighted by molar-refractivity contribution is 0.0697. The van der Waals surface area contributed by atoms with Crippen molar-refractivity contribution in [3.63, 3.8) is 0 Å². The Labute approximate surface area is 188 Å². The number of carbonyl (C=O) groups excluding carboxylic acids is 1. The van der Waals surface area contributed by atoms with E-state index in [-0.39, 0.29) is 17.3 Å². The van der Waals surface area contributed by atoms with E-state index in [2.05, 4.69) is 6.92 Å². The third-order valence-electron chi connectivity index (χ3n) is 5.99. The summed E-state index contributed by atoms with van der Waals surface area (Å²) >= 11 is 0. The maximum Gasteiger partial charge on any atom is 0.336 e. The van der Waals surface area contributed by atoms with Crippen LogP contribution in [-0.2, 0) is 13.0 Å². The van der Waals surface area contributed by atoms with Gasteiger partial charge in [-0.15, -0.1) is 0 Å². The minimum Gasteiger partial charge on any atom is -0.478 e. The summed E-state index contributed by atoms with van der Waals surface area (Å²) < 4.78 is 3.33. The molecule has 1 heterocycles. The normalized spacial score (nSPS) is 12.0. The number of rotatable bonds is 10. The van der Waals surface area contributed by atoms with E-state index in [1.165, 1.54) is 0 Å². The molecule has 3 rings (SSSR count). The van der Waals surface area contributed by atoms with Crippen LogP contribution in [0, 0.1) is 0 Å². The van der Waals surface area contributed by atoms with Gasteiger partial charge in [-0.1, -0.05) is 62.7 Å². The molecule has 0 aliphatic heterocycles. The summed E-state index contributed by atoms with van der Waals surface area (Å²) in [6, 6.07) is 14.4. The molecular formula is C26H30N2O4. The number of carboxylic acids is 1. The van der Waals surface area contributed by atoms with Crippen molar-refractivity contribution in [2.75, 3.05) is 0 Å². The number of hydrogen-bond donors (Lipinski definition) is 1. The average Bonchev–Trinajstić information content (AvgIpc) is 3.08. The standard InChI is InChI=1S/C26H30N2O4/c1-4-6-11-23-24(17-29)28(18(3)5-2)26(32)27(23)16-19-12-14-20(15-13-19)21-9-7-8-10-22(21)25(30)31/h7-10,12-15,17-18H,4-6,11,16H2,1-3H3,(H,30,31). The van der Waals surface area contributed by atoms with E-state index in [1.807, 2.05) is 44.2 Å². The Bertz CT molecular complexity index is 1160. The molecule has 0 saturated heterocycles. The van der Waals surface area contributed by atoms with Crippen LogP contribution in [0.25, 0.3) is 11.1 Å². The van der Waals surface area contributed by atoms with Crippen LogP contribution in [0.2, 0.25) is 0 Å². The van der Waals surface area contributed by atoms with Crippen molar-refractivity contribution < 1.29 is 14.7 Å². The van der Waals surface area contributed by atoms with Gasteiger partial charge in [0.1, 0.15) is 5.69 Å². The van der Waals surface area contributed by atoms with Crippen LogP contribution in [0.4, 0.5) is 0 Å². The summed E-state index contributed by atoms with van der Waals surface area (Å²) in [5.41, 5.74) is 3.72. The van der Waals surface area contributed by atoms with Crippen LogP contribution in [0.15, 0.2) is 53.3 Å². The summed E-state index contributed by atoms with van der Waals surface area (Å²) in [6.07, 6.45) is 4.11. The van der Waals surface area contributed by atoms with Gasteiger partial charge in [0.15, 0.2) is 6.29 Å². The van der Waals surface area contributed by atoms with Gasteiger partial charge in [-0.25, -0.2) is 9.59 Å². The molecule has 6 nitrogen and oxygen atoms in total. The van der Waals surface area contributed by atoms with Crippen molar-refractivity contribution in [2.45, 2.75) is 59.0 Å². The lowest BCUT2D eigenvalue weighted by Crippen LogP contribution is -2.28. The van der Waals surface area contributed by atoms with Crippen LogP contribution in [0.3, 0.4) is 0 Å². The molecule has 1 N–H and O–H groups in total. The zero-order valence-electron chi connectivity index (χ0n) is 18.9. The number of hydrogen-bond acceptors (Lipinski definition) is 3. The molecule has 168 valence electrons. The number of aromatic nitrogens is 2. The number of nitrogens with zero attached hydrogens (tertiary/aromatic N) is 2. The summed E-state index contributed by atoms with van der Waals surface area (Å²) in [6.45, 7) is 6.41. The van der Waals surface area contributed by atoms with Gasteiger partial charge in [-0.2, -0.15) is 0 Å². The molecule has 32 heavy (non-hydrogen) atoms. The maximum atomic E-state index is 13.2. The highest BCUT2D eigenvalue weighted by Gasteiger charge is 2.22. The van der Waals surface area contributed by atoms with E-state index in [1.54, 1.807) is 27.3 Å². The van der Waals surface area contributed by atoms with Crippen molar-refractivity contribution in [1.82, 2.24) is 9.13 Å². The molecule has 3 aromatic rings. The van der Waals surface area contributed by atoms with E-state index in [4.69, 9.17) is 0 Å². The molecule has 0 aliphatic rings. The minimum atomic E-state index is -0.968. The zero-order chi connectivity index (χ0) is 23.3. The smallest absolute Gasteiger partial charge is 0.336 e. The second-order valence-corrected chi connectivity index (χ2v) is 8.10. The zero-order valence-corrected chi connectivity index (χ0v) is 18.9. The molecule has 0 aliphatic carbocycles. The SMILES string of the molecule is CCCCc1c(C=O)n(C(C)CC)c(=O)n1Cc1ccc(-c2ccccc2C(=O)O)cc1. The Morgan fingerprint density at radius 1 is 1.09 bits per heavy atom. The van der Waals surface area contributed by atoms with Crippen molar-refractivity contribution in [3.8, 4) is 11.1 Å². The molecule has 1 unspecified atom stereocenters. The van der Waals surface area contributed by atoms with Gasteiger partial charge in [0, 0.05) is 6.04 Å². The second kappa shape index (κ2) is 10.3. The molecule has 0 bridgehead atoms. The Morgan fingerprint density at radius 3 is 2.38 bits per heavy atom. The third kappa shape index (κ3) is 4.59. The van der Waals surface area contributed by atoms with Gasteiger partial charge in [0.05, 0.1) is 17.8 Å². The number of unbranched alkanes of at least 4 members (excludes halogenated alkanes) is 1. The first kappa shape index (κ1) is 23.3. The summed E-state index contributed by atoms with van der Waals surface area (Å²) in [4.78, 5) is 36.7. The first-order chi connectivity index (χ1) is 15.4. The first-order valence-corrected chi connectivity index (χ1v) is 11.1. The quantitative estimate of drug-likeness (QED) is 0.445. The lowest BCUT2D eigenvalue weighted by atomic mass is 9.99. The van der Waals surface area contributed by atoms with Gasteiger partial charge >= 0.3 is 11.7 Å². The molecular weight excluding hydrogens is 404 g/mol. The van der Waals surface area contributed by atoms with Crippen LogP contribution in [0.5, 0.6) is 0 Å². The van der Waals surface area contributed by atoms with Crippen LogP contribution in [-0.4, -0.2) is 26.5 Å². The molecule has 0 radical (unpaired) electrons. The Hall–Kier alpha value is -3.41. The molecule has 1 atom stereocenters. The van der Waals surface area contributed by atoms with Gasteiger partial charge in [-0.05, 0) is 48.9 Å². The van der Waals surface area contributed by atoms with Gasteiger partial charge in [0.2, 0.25) is 0 Å². The highest BCUT2D eigenvalue weighted by Crippen LogP contribution is 2.25. The van der Waals surface area contributed by atoms with Gasteiger partial charge < -0.3 is 5.11 Å². The molecule has 6 heteroatoms. The minimum absolute atomic E-state index is 0.0563. The van der Waals surface area contributed by atoms with Crippen LogP contribution < -0.4 is 5.69 Å². The average molecular weight is 435 g/mol. The highest BCUT2D eigenvalue weighted by molar-refractivity contribution is 5.96. The summed E-state index contributed by atoms with van der Waals surface area (Å²) in [5.74, 6) is -0.968. The maximum absolute atomic E-state index is 13.2. The predicted octanol–water partition coefficient (Wildman–Crippen LogP) is 5.19. The van der Waals surface area contributed by atoms with Crippen LogP contribution >= 0.6 is 0 Å². The molecule has 1 aromatic heterocycles. The number of aldehydes is 1. The Morgan fingerprint density at radius 2 is 1.78 bits per heavy atom. The van der Waals surface area contributed by atoms with E-state index in [9.17, 15) is 19.5 Å². The molecule has 2 aromatic carbocycles. The molecule has 0 amide bonds. The fraction of sp³-hybridized carbons (Fsp3) is 0.346. The first-order valence-electron chi connectivity index (χ1n) is 11.1. The molecule has 0 fully saturated rings. The number of aromatic carboxylic acids is 1. The van der Waals surface area contributed by atoms with Crippen molar-refractivity contribution in [1.29, 1.82) is 0 Å². The number of carboxylic acid groups (broad SMARTS) is 1. The van der Waals surface area contributed by atoms with Crippen LogP contribution in [0.1, 0.15) is 78.2 Å². The fourth-order valence-corrected chi connectivity index (χ4v) is 4.02. The van der Waals surface area contributed by atoms with Crippen molar-refractivity contribution in [2.24, 2.45) is 0 Å². The van der Waals surface area contributed by atoms with E-state index >= 15 is 0 Å². The van der Waals surface area contributed by atoms with E-state index in [0.717, 1.165) is 42.4 Å². The third-order valence-corrected chi connectivity index (χ3v) is 5.99. The molecule has 0 saturated carbocycles. The predicted molar refractivity (Wildman–Crippen MR) is 126 cm³/mol. The number of benzene rings is 2. The number of imidazole rings is 1. The Kier molecular flexibility index (Phi) is 7.46. The molecule has 0 spiro atoms. The van der Waals surface area contributed by atoms with E-state index < -0.39 is 5.97 Å². The van der Waals surface area contributed by atoms with Crippen molar-refractivity contribution in [3.05, 3.63) is 81.5 Å². The Balaban J connectivity index is 2.00. The lowest BCUT2D eigenvalue weighted by Gasteiger charge is -2.10. The van der Waals surface area contributed by atoms with Gasteiger partial charge in [0.25, 0.3) is 0 Å². The largest absolute Gasteiger partial charge is 0.478 e. The van der Waals surface area contributed by atoms with Crippen molar-refractivity contribution >= 4 is 12.3 Å².